The molecule has 0 bridgehead atoms. The number of carboxylic acids is 1. The van der Waals surface area contributed by atoms with Crippen molar-refractivity contribution in [2.45, 2.75) is 44.2 Å². The minimum Gasteiger partial charge on any atom is -0.481 e. The van der Waals surface area contributed by atoms with Crippen LogP contribution in [0.1, 0.15) is 38.4 Å². The Morgan fingerprint density at radius 3 is 2.68 bits per heavy atom. The third kappa shape index (κ3) is 3.62. The lowest BCUT2D eigenvalue weighted by molar-refractivity contribution is -0.133. The van der Waals surface area contributed by atoms with E-state index in [0.29, 0.717) is 5.16 Å². The van der Waals surface area contributed by atoms with Crippen molar-refractivity contribution in [1.29, 1.82) is 0 Å². The number of hydrogen-bond acceptors (Lipinski definition) is 5. The molecule has 0 saturated carbocycles. The van der Waals surface area contributed by atoms with Crippen LogP contribution in [0.15, 0.2) is 5.16 Å². The van der Waals surface area contributed by atoms with Gasteiger partial charge in [-0.1, -0.05) is 18.7 Å². The third-order valence-corrected chi connectivity index (χ3v) is 3.99. The van der Waals surface area contributed by atoms with Gasteiger partial charge >= 0.3 is 5.97 Å². The maximum Gasteiger partial charge on any atom is 0.313 e. The van der Waals surface area contributed by atoms with E-state index in [1.54, 1.807) is 0 Å². The van der Waals surface area contributed by atoms with Crippen LogP contribution in [0, 0.1) is 0 Å². The van der Waals surface area contributed by atoms with Crippen molar-refractivity contribution in [2.24, 2.45) is 0 Å². The van der Waals surface area contributed by atoms with Crippen molar-refractivity contribution in [3.05, 3.63) is 5.82 Å². The monoisotopic (exact) mass is 284 g/mol. The number of aliphatic carboxylic acids is 1. The number of carbonyl (C=O) groups is 1. The van der Waals surface area contributed by atoms with Gasteiger partial charge in [-0.15, -0.1) is 10.2 Å². The number of aromatic nitrogens is 3. The van der Waals surface area contributed by atoms with Gasteiger partial charge in [-0.2, -0.15) is 0 Å². The van der Waals surface area contributed by atoms with E-state index >= 15 is 0 Å². The number of nitrogens with zero attached hydrogens (tertiary/aromatic N) is 4. The summed E-state index contributed by atoms with van der Waals surface area (Å²) in [5.74, 6) is 0.144. The van der Waals surface area contributed by atoms with Crippen molar-refractivity contribution in [3.8, 4) is 0 Å². The first-order chi connectivity index (χ1) is 9.22. The molecule has 19 heavy (non-hydrogen) atoms. The molecule has 1 fully saturated rings. The van der Waals surface area contributed by atoms with Crippen LogP contribution in [0.4, 0.5) is 0 Å². The van der Waals surface area contributed by atoms with Crippen LogP contribution in [0.5, 0.6) is 0 Å². The van der Waals surface area contributed by atoms with Gasteiger partial charge in [-0.05, 0) is 25.7 Å². The van der Waals surface area contributed by atoms with Gasteiger partial charge in [0.25, 0.3) is 0 Å². The Bertz CT molecular complexity index is 429. The number of piperidine rings is 1. The molecule has 0 spiro atoms. The molecule has 6 nitrogen and oxygen atoms in total. The highest BCUT2D eigenvalue weighted by Gasteiger charge is 2.20. The smallest absolute Gasteiger partial charge is 0.313 e. The van der Waals surface area contributed by atoms with Gasteiger partial charge in [0.2, 0.25) is 5.16 Å². The summed E-state index contributed by atoms with van der Waals surface area (Å²) in [6.07, 6.45) is 5.49. The Balaban J connectivity index is 2.18. The highest BCUT2D eigenvalue weighted by atomic mass is 32.2. The van der Waals surface area contributed by atoms with E-state index in [0.717, 1.165) is 31.8 Å². The van der Waals surface area contributed by atoms with Crippen molar-refractivity contribution < 1.29 is 9.90 Å². The van der Waals surface area contributed by atoms with Gasteiger partial charge in [0.05, 0.1) is 5.75 Å². The zero-order chi connectivity index (χ0) is 13.7. The van der Waals surface area contributed by atoms with E-state index in [9.17, 15) is 4.79 Å². The van der Waals surface area contributed by atoms with Crippen molar-refractivity contribution in [3.63, 3.8) is 0 Å². The molecule has 0 aromatic carbocycles. The Labute approximate surface area is 117 Å². The second-order valence-corrected chi connectivity index (χ2v) is 5.60. The molecule has 1 saturated heterocycles. The predicted molar refractivity (Wildman–Crippen MR) is 74.2 cm³/mol. The topological polar surface area (TPSA) is 71.2 Å². The van der Waals surface area contributed by atoms with Crippen molar-refractivity contribution >= 4 is 17.7 Å². The summed E-state index contributed by atoms with van der Waals surface area (Å²) in [4.78, 5) is 10.7. The van der Waals surface area contributed by atoms with Crippen LogP contribution in [0.2, 0.25) is 0 Å². The molecule has 0 atom stereocenters. The maximum absolute atomic E-state index is 10.7. The van der Waals surface area contributed by atoms with Crippen LogP contribution >= 0.6 is 11.8 Å². The van der Waals surface area contributed by atoms with Crippen LogP contribution in [-0.4, -0.2) is 44.8 Å². The molecule has 0 aliphatic carbocycles. The second-order valence-electron chi connectivity index (χ2n) is 4.66. The summed E-state index contributed by atoms with van der Waals surface area (Å²) in [6, 6.07) is 0. The molecular formula is C12H20N4O2S. The molecule has 0 amide bonds. The molecule has 2 rings (SSSR count). The lowest BCUT2D eigenvalue weighted by atomic mass is 10.2. The average molecular weight is 284 g/mol. The van der Waals surface area contributed by atoms with Crippen molar-refractivity contribution in [1.82, 2.24) is 14.9 Å². The first-order valence-electron chi connectivity index (χ1n) is 6.76. The molecule has 0 unspecified atom stereocenters. The van der Waals surface area contributed by atoms with Crippen LogP contribution in [0.3, 0.4) is 0 Å². The average Bonchev–Trinajstić information content (AvgIpc) is 2.81. The van der Waals surface area contributed by atoms with E-state index < -0.39 is 5.97 Å². The summed E-state index contributed by atoms with van der Waals surface area (Å²) in [6.45, 7) is 4.10. The summed E-state index contributed by atoms with van der Waals surface area (Å²) >= 11 is 1.24. The molecule has 1 N–H and O–H groups in total. The summed E-state index contributed by atoms with van der Waals surface area (Å²) in [5.41, 5.74) is 0. The van der Waals surface area contributed by atoms with E-state index in [-0.39, 0.29) is 5.75 Å². The fourth-order valence-corrected chi connectivity index (χ4v) is 2.95. The minimum absolute atomic E-state index is 0.0259. The molecule has 106 valence electrons. The Hall–Kier alpha value is -1.24. The fourth-order valence-electron chi connectivity index (χ4n) is 2.25. The standard InChI is InChI=1S/C12H20N4O2S/c1-2-6-10-13-14-12(19-9-11(17)18)16(10)15-7-4-3-5-8-15/h2-9H2,1H3,(H,17,18). The zero-order valence-corrected chi connectivity index (χ0v) is 12.0. The van der Waals surface area contributed by atoms with E-state index in [1.807, 2.05) is 4.68 Å². The van der Waals surface area contributed by atoms with Gasteiger partial charge in [0.15, 0.2) is 5.82 Å². The number of thioether (sulfide) groups is 1. The first kappa shape index (κ1) is 14.2. The molecule has 1 aliphatic rings. The molecule has 0 radical (unpaired) electrons. The fraction of sp³-hybridized carbons (Fsp3) is 0.750. The van der Waals surface area contributed by atoms with E-state index in [4.69, 9.17) is 5.11 Å². The van der Waals surface area contributed by atoms with Crippen LogP contribution in [-0.2, 0) is 11.2 Å². The molecule has 7 heteroatoms. The van der Waals surface area contributed by atoms with Gasteiger partial charge in [-0.3, -0.25) is 4.79 Å². The lowest BCUT2D eigenvalue weighted by Crippen LogP contribution is -2.40. The van der Waals surface area contributed by atoms with Crippen LogP contribution < -0.4 is 5.01 Å². The van der Waals surface area contributed by atoms with Crippen molar-refractivity contribution in [2.75, 3.05) is 23.9 Å². The second kappa shape index (κ2) is 6.79. The predicted octanol–water partition coefficient (Wildman–Crippen LogP) is 1.53. The lowest BCUT2D eigenvalue weighted by Gasteiger charge is -2.31. The maximum atomic E-state index is 10.7. The molecule has 1 aliphatic heterocycles. The largest absolute Gasteiger partial charge is 0.481 e. The first-order valence-corrected chi connectivity index (χ1v) is 7.75. The highest BCUT2D eigenvalue weighted by molar-refractivity contribution is 7.99. The number of carboxylic acid groups (broad SMARTS) is 1. The Kier molecular flexibility index (Phi) is 5.07. The minimum atomic E-state index is -0.824. The molecule has 1 aromatic rings. The Morgan fingerprint density at radius 2 is 2.05 bits per heavy atom. The van der Waals surface area contributed by atoms with E-state index in [1.165, 1.54) is 31.0 Å². The quantitative estimate of drug-likeness (QED) is 0.799. The number of hydrogen-bond donors (Lipinski definition) is 1. The summed E-state index contributed by atoms with van der Waals surface area (Å²) in [7, 11) is 0. The SMILES string of the molecule is CCCc1nnc(SCC(=O)O)n1N1CCCCC1. The van der Waals surface area contributed by atoms with Gasteiger partial charge < -0.3 is 10.1 Å². The van der Waals surface area contributed by atoms with Gasteiger partial charge in [0.1, 0.15) is 0 Å². The van der Waals surface area contributed by atoms with E-state index in [2.05, 4.69) is 22.1 Å². The molecule has 2 heterocycles. The van der Waals surface area contributed by atoms with Gasteiger partial charge in [-0.25, -0.2) is 4.68 Å². The summed E-state index contributed by atoms with van der Waals surface area (Å²) in [5, 5.41) is 20.1. The zero-order valence-electron chi connectivity index (χ0n) is 11.2. The summed E-state index contributed by atoms with van der Waals surface area (Å²) < 4.78 is 2.04. The normalized spacial score (nSPS) is 15.7. The van der Waals surface area contributed by atoms with Crippen LogP contribution in [0.25, 0.3) is 0 Å². The molecule has 1 aromatic heterocycles. The third-order valence-electron chi connectivity index (χ3n) is 3.09. The Morgan fingerprint density at radius 1 is 1.32 bits per heavy atom. The highest BCUT2D eigenvalue weighted by Crippen LogP contribution is 2.20. The van der Waals surface area contributed by atoms with Gasteiger partial charge in [0, 0.05) is 19.5 Å². The number of rotatable bonds is 6. The molecular weight excluding hydrogens is 264 g/mol. The number of aryl methyl sites for hydroxylation is 1.